The molecule has 0 bridgehead atoms. The van der Waals surface area contributed by atoms with Crippen LogP contribution >= 0.6 is 11.6 Å². The van der Waals surface area contributed by atoms with Crippen molar-refractivity contribution in [3.63, 3.8) is 0 Å². The summed E-state index contributed by atoms with van der Waals surface area (Å²) in [5, 5.41) is 15.9. The molecule has 2 amide bonds. The van der Waals surface area contributed by atoms with Gasteiger partial charge < -0.3 is 30.1 Å². The number of ether oxygens (including phenoxy) is 2. The van der Waals surface area contributed by atoms with Gasteiger partial charge in [-0.15, -0.1) is 0 Å². The number of carbonyl (C=O) groups is 2. The maximum atomic E-state index is 14.0. The highest BCUT2D eigenvalue weighted by molar-refractivity contribution is 6.33. The van der Waals surface area contributed by atoms with Gasteiger partial charge in [-0.25, -0.2) is 19.3 Å². The Kier molecular flexibility index (Phi) is 8.64. The van der Waals surface area contributed by atoms with Crippen LogP contribution in [-0.2, 0) is 11.3 Å². The number of rotatable bonds is 10. The molecule has 4 aromatic rings. The number of methoxy groups -OCH3 is 2. The topological polar surface area (TPSA) is 152 Å². The van der Waals surface area contributed by atoms with Crippen molar-refractivity contribution < 1.29 is 28.6 Å². The molecule has 14 heteroatoms. The summed E-state index contributed by atoms with van der Waals surface area (Å²) in [4.78, 5) is 44.9. The molecule has 0 fully saturated rings. The van der Waals surface area contributed by atoms with Gasteiger partial charge in [0.15, 0.2) is 0 Å². The van der Waals surface area contributed by atoms with Crippen LogP contribution in [0.3, 0.4) is 0 Å². The number of aliphatic hydroxyl groups excluding tert-OH is 1. The van der Waals surface area contributed by atoms with E-state index in [1.807, 2.05) is 0 Å². The molecule has 2 aromatic heterocycles. The molecule has 0 aliphatic carbocycles. The van der Waals surface area contributed by atoms with E-state index in [2.05, 4.69) is 30.6 Å². The highest BCUT2D eigenvalue weighted by Crippen LogP contribution is 2.33. The average Bonchev–Trinajstić information content (AvgIpc) is 3.35. The SMILES string of the molecule is COc1cc(F)cc([C@@H](CO)NC(=O)[C@@H](C)N2Cc3ccc(-c4nc(Nc5ccnc(OC)n5)ncc4Cl)cc3C2=O)c1. The highest BCUT2D eigenvalue weighted by atomic mass is 35.5. The van der Waals surface area contributed by atoms with Crippen molar-refractivity contribution in [3.8, 4) is 23.0 Å². The van der Waals surface area contributed by atoms with Crippen LogP contribution in [0.4, 0.5) is 16.2 Å². The van der Waals surface area contributed by atoms with Gasteiger partial charge in [0.05, 0.1) is 43.8 Å². The van der Waals surface area contributed by atoms with Crippen molar-refractivity contribution in [2.24, 2.45) is 0 Å². The third kappa shape index (κ3) is 6.32. The zero-order valence-corrected chi connectivity index (χ0v) is 24.1. The zero-order chi connectivity index (χ0) is 30.7. The predicted molar refractivity (Wildman–Crippen MR) is 155 cm³/mol. The fraction of sp³-hybridized carbons (Fsp3) is 0.241. The van der Waals surface area contributed by atoms with Crippen molar-refractivity contribution in [1.29, 1.82) is 0 Å². The Hall–Kier alpha value is -4.88. The van der Waals surface area contributed by atoms with Crippen molar-refractivity contribution in [3.05, 3.63) is 82.4 Å². The monoisotopic (exact) mass is 607 g/mol. The van der Waals surface area contributed by atoms with E-state index < -0.39 is 30.4 Å². The Balaban J connectivity index is 1.33. The quantitative estimate of drug-likeness (QED) is 0.243. The van der Waals surface area contributed by atoms with Crippen molar-refractivity contribution in [2.45, 2.75) is 25.6 Å². The number of nitrogens with zero attached hydrogens (tertiary/aromatic N) is 5. The second-order valence-electron chi connectivity index (χ2n) is 9.59. The van der Waals surface area contributed by atoms with Crippen molar-refractivity contribution >= 4 is 35.2 Å². The standard InChI is InChI=1S/C29H27ClFN7O5/c1-15(26(40)34-23(14-39)18-8-19(31)11-20(9-18)42-2)38-13-17-5-4-16(10-21(17)27(38)41)25-22(30)12-33-28(37-25)35-24-6-7-32-29(36-24)43-3/h4-12,15,23,39H,13-14H2,1-3H3,(H,34,40)(H,32,33,35,36,37)/t15-,23-/m1/s1. The molecular formula is C29H27ClFN7O5. The van der Waals surface area contributed by atoms with Gasteiger partial charge in [-0.05, 0) is 42.3 Å². The van der Waals surface area contributed by atoms with Crippen molar-refractivity contribution in [1.82, 2.24) is 30.2 Å². The fourth-order valence-corrected chi connectivity index (χ4v) is 4.81. The second kappa shape index (κ2) is 12.5. The van der Waals surface area contributed by atoms with Crippen LogP contribution < -0.4 is 20.1 Å². The first-order valence-electron chi connectivity index (χ1n) is 13.1. The third-order valence-corrected chi connectivity index (χ3v) is 7.17. The first-order chi connectivity index (χ1) is 20.7. The smallest absolute Gasteiger partial charge is 0.318 e. The lowest BCUT2D eigenvalue weighted by Crippen LogP contribution is -2.46. The van der Waals surface area contributed by atoms with Gasteiger partial charge >= 0.3 is 6.01 Å². The summed E-state index contributed by atoms with van der Waals surface area (Å²) in [7, 11) is 2.84. The van der Waals surface area contributed by atoms with Gasteiger partial charge in [0.2, 0.25) is 11.9 Å². The maximum Gasteiger partial charge on any atom is 0.318 e. The number of fused-ring (bicyclic) bond motifs is 1. The van der Waals surface area contributed by atoms with Crippen LogP contribution in [0.15, 0.2) is 54.9 Å². The molecule has 2 atom stereocenters. The summed E-state index contributed by atoms with van der Waals surface area (Å²) < 4.78 is 24.2. The van der Waals surface area contributed by atoms with Gasteiger partial charge in [-0.1, -0.05) is 23.7 Å². The number of anilines is 2. The lowest BCUT2D eigenvalue weighted by molar-refractivity contribution is -0.126. The summed E-state index contributed by atoms with van der Waals surface area (Å²) in [6, 6.07) is 9.15. The Morgan fingerprint density at radius 3 is 2.70 bits per heavy atom. The Bertz CT molecular complexity index is 1690. The van der Waals surface area contributed by atoms with Crippen LogP contribution in [0.25, 0.3) is 11.3 Å². The molecule has 3 N–H and O–H groups in total. The Labute approximate surface area is 250 Å². The van der Waals surface area contributed by atoms with Crippen molar-refractivity contribution in [2.75, 3.05) is 26.1 Å². The molecule has 0 spiro atoms. The number of amides is 2. The van der Waals surface area contributed by atoms with Crippen LogP contribution in [0.2, 0.25) is 5.02 Å². The molecule has 0 unspecified atom stereocenters. The van der Waals surface area contributed by atoms with Crippen LogP contribution in [0, 0.1) is 5.82 Å². The molecule has 1 aliphatic rings. The molecule has 2 aromatic carbocycles. The van der Waals surface area contributed by atoms with E-state index in [9.17, 15) is 19.1 Å². The normalized spacial score (nSPS) is 13.7. The number of aromatic nitrogens is 4. The molecular weight excluding hydrogens is 581 g/mol. The van der Waals surface area contributed by atoms with E-state index in [0.29, 0.717) is 28.2 Å². The molecule has 0 saturated heterocycles. The van der Waals surface area contributed by atoms with Gasteiger partial charge in [0.25, 0.3) is 5.91 Å². The van der Waals surface area contributed by atoms with Crippen LogP contribution in [-0.4, -0.2) is 68.6 Å². The molecule has 0 saturated carbocycles. The summed E-state index contributed by atoms with van der Waals surface area (Å²) in [6.07, 6.45) is 2.96. The van der Waals surface area contributed by atoms with E-state index in [1.54, 1.807) is 31.2 Å². The minimum atomic E-state index is -0.905. The minimum absolute atomic E-state index is 0.171. The van der Waals surface area contributed by atoms with E-state index in [-0.39, 0.29) is 35.2 Å². The van der Waals surface area contributed by atoms with E-state index in [0.717, 1.165) is 5.56 Å². The summed E-state index contributed by atoms with van der Waals surface area (Å²) >= 11 is 6.43. The lowest BCUT2D eigenvalue weighted by Gasteiger charge is -2.26. The predicted octanol–water partition coefficient (Wildman–Crippen LogP) is 3.68. The second-order valence-corrected chi connectivity index (χ2v) is 10.0. The first-order valence-corrected chi connectivity index (χ1v) is 13.4. The van der Waals surface area contributed by atoms with Gasteiger partial charge in [-0.2, -0.15) is 4.98 Å². The maximum absolute atomic E-state index is 14.0. The van der Waals surface area contributed by atoms with Crippen LogP contribution in [0.1, 0.15) is 34.5 Å². The first kappa shape index (κ1) is 29.6. The Morgan fingerprint density at radius 1 is 1.14 bits per heavy atom. The lowest BCUT2D eigenvalue weighted by atomic mass is 10.0. The third-order valence-electron chi connectivity index (χ3n) is 6.89. The fourth-order valence-electron chi connectivity index (χ4n) is 4.61. The van der Waals surface area contributed by atoms with E-state index >= 15 is 0 Å². The molecule has 222 valence electrons. The highest BCUT2D eigenvalue weighted by Gasteiger charge is 2.35. The van der Waals surface area contributed by atoms with E-state index in [4.69, 9.17) is 21.1 Å². The molecule has 1 aliphatic heterocycles. The largest absolute Gasteiger partial charge is 0.497 e. The van der Waals surface area contributed by atoms with Crippen LogP contribution in [0.5, 0.6) is 11.8 Å². The van der Waals surface area contributed by atoms with E-state index in [1.165, 1.54) is 49.7 Å². The number of hydrogen-bond donors (Lipinski definition) is 3. The summed E-state index contributed by atoms with van der Waals surface area (Å²) in [6.45, 7) is 1.30. The minimum Gasteiger partial charge on any atom is -0.497 e. The molecule has 3 heterocycles. The zero-order valence-electron chi connectivity index (χ0n) is 23.3. The molecule has 12 nitrogen and oxygen atoms in total. The Morgan fingerprint density at radius 2 is 1.95 bits per heavy atom. The van der Waals surface area contributed by atoms with Gasteiger partial charge in [0, 0.05) is 29.9 Å². The van der Waals surface area contributed by atoms with Gasteiger partial charge in [-0.3, -0.25) is 9.59 Å². The summed E-state index contributed by atoms with van der Waals surface area (Å²) in [5.41, 5.74) is 2.41. The van der Waals surface area contributed by atoms with Gasteiger partial charge in [0.1, 0.15) is 23.4 Å². The molecule has 5 rings (SSSR count). The number of aliphatic hydroxyl groups is 1. The summed E-state index contributed by atoms with van der Waals surface area (Å²) in [5.74, 6) is -0.571. The number of halogens is 2. The average molecular weight is 608 g/mol. The molecule has 43 heavy (non-hydrogen) atoms. The number of carbonyl (C=O) groups excluding carboxylic acids is 2. The number of benzene rings is 2. The molecule has 0 radical (unpaired) electrons. The number of nitrogens with one attached hydrogen (secondary N) is 2. The number of hydrogen-bond acceptors (Lipinski definition) is 10.